The average molecular weight is 384 g/mol. The number of hydrogen-bond donors (Lipinski definition) is 3. The highest BCUT2D eigenvalue weighted by atomic mass is 16.5. The first-order valence-electron chi connectivity index (χ1n) is 9.21. The number of rotatable bonds is 6. The minimum atomic E-state index is -0.414. The molecule has 6 heteroatoms. The lowest BCUT2D eigenvalue weighted by Crippen LogP contribution is -2.04. The van der Waals surface area contributed by atoms with Gasteiger partial charge in [0.15, 0.2) is 5.43 Å². The van der Waals surface area contributed by atoms with Crippen molar-refractivity contribution in [2.75, 3.05) is 13.7 Å². The lowest BCUT2D eigenvalue weighted by atomic mass is 9.98. The van der Waals surface area contributed by atoms with Crippen molar-refractivity contribution in [3.63, 3.8) is 0 Å². The van der Waals surface area contributed by atoms with Crippen LogP contribution in [0, 0.1) is 0 Å². The molecule has 0 fully saturated rings. The van der Waals surface area contributed by atoms with E-state index in [0.717, 1.165) is 12.0 Å². The third-order valence-electron chi connectivity index (χ3n) is 4.82. The molecule has 1 heterocycles. The zero-order valence-electron chi connectivity index (χ0n) is 16.2. The molecule has 1 atom stereocenters. The highest BCUT2D eigenvalue weighted by molar-refractivity contribution is 5.89. The first kappa shape index (κ1) is 19.8. The second-order valence-corrected chi connectivity index (χ2v) is 6.95. The summed E-state index contributed by atoms with van der Waals surface area (Å²) in [7, 11) is 1.60. The number of phenols is 3. The molecule has 0 spiro atoms. The molecule has 28 heavy (non-hydrogen) atoms. The molecular weight excluding hydrogens is 360 g/mol. The minimum Gasteiger partial charge on any atom is -0.508 e. The van der Waals surface area contributed by atoms with E-state index in [1.54, 1.807) is 19.2 Å². The van der Waals surface area contributed by atoms with Gasteiger partial charge in [-0.25, -0.2) is 0 Å². The van der Waals surface area contributed by atoms with E-state index in [0.29, 0.717) is 24.2 Å². The molecule has 0 aliphatic carbocycles. The summed E-state index contributed by atoms with van der Waals surface area (Å²) in [5.41, 5.74) is 1.48. The second-order valence-electron chi connectivity index (χ2n) is 6.95. The van der Waals surface area contributed by atoms with Crippen molar-refractivity contribution in [3.8, 4) is 28.6 Å². The SMILES string of the molecule is CCCc1c(O)cc(O)c2c(=O)cc(-c3ccc(C(C)COC)c(O)c3)oc12. The maximum atomic E-state index is 12.6. The van der Waals surface area contributed by atoms with Crippen molar-refractivity contribution in [3.05, 3.63) is 51.7 Å². The molecule has 0 saturated carbocycles. The molecule has 3 aromatic rings. The maximum absolute atomic E-state index is 12.6. The molecule has 1 aromatic heterocycles. The molecule has 1 unspecified atom stereocenters. The molecule has 148 valence electrons. The monoisotopic (exact) mass is 384 g/mol. The third-order valence-corrected chi connectivity index (χ3v) is 4.82. The van der Waals surface area contributed by atoms with Crippen molar-refractivity contribution in [2.24, 2.45) is 0 Å². The van der Waals surface area contributed by atoms with Crippen LogP contribution in [0.5, 0.6) is 17.2 Å². The number of aryl methyl sites for hydroxylation is 1. The first-order chi connectivity index (χ1) is 13.4. The minimum absolute atomic E-state index is 0.00714. The molecule has 0 aliphatic rings. The smallest absolute Gasteiger partial charge is 0.197 e. The molecule has 6 nitrogen and oxygen atoms in total. The quantitative estimate of drug-likeness (QED) is 0.587. The number of phenolic OH excluding ortho intramolecular Hbond substituents is 3. The summed E-state index contributed by atoms with van der Waals surface area (Å²) >= 11 is 0. The number of fused-ring (bicyclic) bond motifs is 1. The van der Waals surface area contributed by atoms with E-state index in [2.05, 4.69) is 0 Å². The Morgan fingerprint density at radius 3 is 2.46 bits per heavy atom. The summed E-state index contributed by atoms with van der Waals surface area (Å²) in [5, 5.41) is 30.7. The Balaban J connectivity index is 2.18. The molecule has 0 amide bonds. The summed E-state index contributed by atoms with van der Waals surface area (Å²) in [6, 6.07) is 7.51. The molecule has 0 bridgehead atoms. The van der Waals surface area contributed by atoms with E-state index < -0.39 is 5.43 Å². The normalized spacial score (nSPS) is 12.4. The molecule has 3 N–H and O–H groups in total. The van der Waals surface area contributed by atoms with Gasteiger partial charge >= 0.3 is 0 Å². The fraction of sp³-hybridized carbons (Fsp3) is 0.318. The van der Waals surface area contributed by atoms with Crippen molar-refractivity contribution < 1.29 is 24.5 Å². The van der Waals surface area contributed by atoms with Gasteiger partial charge in [0.25, 0.3) is 0 Å². The van der Waals surface area contributed by atoms with Crippen molar-refractivity contribution >= 4 is 11.0 Å². The molecule has 0 aliphatic heterocycles. The van der Waals surface area contributed by atoms with Gasteiger partial charge in [0.2, 0.25) is 0 Å². The number of aromatic hydroxyl groups is 3. The highest BCUT2D eigenvalue weighted by Crippen LogP contribution is 2.37. The molecule has 0 radical (unpaired) electrons. The first-order valence-corrected chi connectivity index (χ1v) is 9.21. The lowest BCUT2D eigenvalue weighted by molar-refractivity contribution is 0.183. The summed E-state index contributed by atoms with van der Waals surface area (Å²) in [5.74, 6) is -0.0934. The number of benzene rings is 2. The third kappa shape index (κ3) is 3.55. The standard InChI is InChI=1S/C22H24O6/c1-4-5-15-17(24)9-18(25)21-19(26)10-20(28-22(15)21)13-6-7-14(16(23)8-13)12(2)11-27-3/h6-10,12,23-25H,4-5,11H2,1-3H3. The van der Waals surface area contributed by atoms with Crippen LogP contribution in [0.4, 0.5) is 0 Å². The Hall–Kier alpha value is -2.99. The largest absolute Gasteiger partial charge is 0.508 e. The van der Waals surface area contributed by atoms with Gasteiger partial charge in [-0.15, -0.1) is 0 Å². The molecule has 3 rings (SSSR count). The summed E-state index contributed by atoms with van der Waals surface area (Å²) in [4.78, 5) is 12.6. The van der Waals surface area contributed by atoms with Crippen molar-refractivity contribution in [2.45, 2.75) is 32.6 Å². The van der Waals surface area contributed by atoms with Crippen molar-refractivity contribution in [1.29, 1.82) is 0 Å². The number of methoxy groups -OCH3 is 1. The van der Waals surface area contributed by atoms with E-state index in [-0.39, 0.29) is 39.9 Å². The van der Waals surface area contributed by atoms with Crippen LogP contribution < -0.4 is 5.43 Å². The fourth-order valence-electron chi connectivity index (χ4n) is 3.44. The highest BCUT2D eigenvalue weighted by Gasteiger charge is 2.19. The van der Waals surface area contributed by atoms with Gasteiger partial charge in [-0.05, 0) is 18.1 Å². The predicted molar refractivity (Wildman–Crippen MR) is 107 cm³/mol. The Labute approximate surface area is 162 Å². The zero-order chi connectivity index (χ0) is 20.4. The van der Waals surface area contributed by atoms with Crippen LogP contribution in [-0.2, 0) is 11.2 Å². The van der Waals surface area contributed by atoms with E-state index in [4.69, 9.17) is 9.15 Å². The van der Waals surface area contributed by atoms with Crippen LogP contribution in [0.2, 0.25) is 0 Å². The zero-order valence-corrected chi connectivity index (χ0v) is 16.2. The van der Waals surface area contributed by atoms with Crippen molar-refractivity contribution in [1.82, 2.24) is 0 Å². The van der Waals surface area contributed by atoms with Crippen LogP contribution in [0.3, 0.4) is 0 Å². The molecule has 2 aromatic carbocycles. The van der Waals surface area contributed by atoms with Crippen LogP contribution in [0.25, 0.3) is 22.3 Å². The van der Waals surface area contributed by atoms with Gasteiger partial charge in [-0.2, -0.15) is 0 Å². The van der Waals surface area contributed by atoms with Gasteiger partial charge in [0.1, 0.15) is 34.0 Å². The van der Waals surface area contributed by atoms with E-state index in [1.807, 2.05) is 13.8 Å². The van der Waals surface area contributed by atoms with Crippen LogP contribution in [0.15, 0.2) is 39.5 Å². The van der Waals surface area contributed by atoms with E-state index in [1.165, 1.54) is 18.2 Å². The second kappa shape index (κ2) is 7.94. The van der Waals surface area contributed by atoms with Gasteiger partial charge in [-0.3, -0.25) is 4.79 Å². The Kier molecular flexibility index (Phi) is 5.61. The number of hydrogen-bond acceptors (Lipinski definition) is 6. The van der Waals surface area contributed by atoms with E-state index >= 15 is 0 Å². The molecule has 0 saturated heterocycles. The van der Waals surface area contributed by atoms with Gasteiger partial charge < -0.3 is 24.5 Å². The van der Waals surface area contributed by atoms with Gasteiger partial charge in [0.05, 0.1) is 6.61 Å². The van der Waals surface area contributed by atoms with Crippen LogP contribution in [0.1, 0.15) is 37.3 Å². The number of ether oxygens (including phenoxy) is 1. The van der Waals surface area contributed by atoms with Crippen LogP contribution in [-0.4, -0.2) is 29.0 Å². The Bertz CT molecular complexity index is 1070. The van der Waals surface area contributed by atoms with Crippen LogP contribution >= 0.6 is 0 Å². The maximum Gasteiger partial charge on any atom is 0.197 e. The average Bonchev–Trinajstić information content (AvgIpc) is 2.64. The lowest BCUT2D eigenvalue weighted by Gasteiger charge is -2.14. The van der Waals surface area contributed by atoms with Gasteiger partial charge in [0, 0.05) is 36.3 Å². The summed E-state index contributed by atoms with van der Waals surface area (Å²) < 4.78 is 11.1. The summed E-state index contributed by atoms with van der Waals surface area (Å²) in [6.45, 7) is 4.35. The topological polar surface area (TPSA) is 100 Å². The van der Waals surface area contributed by atoms with Gasteiger partial charge in [-0.1, -0.05) is 32.4 Å². The fourth-order valence-corrected chi connectivity index (χ4v) is 3.44. The van der Waals surface area contributed by atoms with E-state index in [9.17, 15) is 20.1 Å². The predicted octanol–water partition coefficient (Wildman–Crippen LogP) is 4.28. The summed E-state index contributed by atoms with van der Waals surface area (Å²) in [6.07, 6.45) is 1.22. The Morgan fingerprint density at radius 1 is 1.07 bits per heavy atom. The Morgan fingerprint density at radius 2 is 1.82 bits per heavy atom. The molecular formula is C22H24O6.